The highest BCUT2D eigenvalue weighted by molar-refractivity contribution is 5.94. The van der Waals surface area contributed by atoms with E-state index in [1.807, 2.05) is 35.2 Å². The summed E-state index contributed by atoms with van der Waals surface area (Å²) in [4.78, 5) is 29.3. The van der Waals surface area contributed by atoms with Crippen LogP contribution in [0, 0.1) is 5.92 Å². The third-order valence-corrected chi connectivity index (χ3v) is 5.84. The van der Waals surface area contributed by atoms with Gasteiger partial charge in [0.15, 0.2) is 0 Å². The molecule has 2 heterocycles. The Bertz CT molecular complexity index is 829. The molecule has 1 fully saturated rings. The largest absolute Gasteiger partial charge is 0.369 e. The lowest BCUT2D eigenvalue weighted by atomic mass is 9.95. The molecule has 0 aliphatic carbocycles. The summed E-state index contributed by atoms with van der Waals surface area (Å²) in [6.45, 7) is 3.82. The first-order chi connectivity index (χ1) is 13.7. The van der Waals surface area contributed by atoms with Gasteiger partial charge in [0.1, 0.15) is 0 Å². The zero-order valence-corrected chi connectivity index (χ0v) is 16.1. The van der Waals surface area contributed by atoms with Crippen LogP contribution < -0.4 is 10.2 Å². The maximum absolute atomic E-state index is 12.5. The number of rotatable bonds is 5. The van der Waals surface area contributed by atoms with Crippen molar-refractivity contribution in [1.29, 1.82) is 0 Å². The van der Waals surface area contributed by atoms with E-state index in [4.69, 9.17) is 0 Å². The Kier molecular flexibility index (Phi) is 5.60. The summed E-state index contributed by atoms with van der Waals surface area (Å²) in [6.07, 6.45) is 2.55. The van der Waals surface area contributed by atoms with Gasteiger partial charge in [0.2, 0.25) is 5.91 Å². The van der Waals surface area contributed by atoms with Crippen molar-refractivity contribution in [3.05, 3.63) is 65.7 Å². The Balaban J connectivity index is 1.21. The van der Waals surface area contributed by atoms with Gasteiger partial charge in [-0.3, -0.25) is 9.59 Å². The maximum atomic E-state index is 12.5. The van der Waals surface area contributed by atoms with Crippen LogP contribution in [0.1, 0.15) is 28.8 Å². The highest BCUT2D eigenvalue weighted by Gasteiger charge is 2.27. The molecule has 146 valence electrons. The number of hydrogen-bond acceptors (Lipinski definition) is 3. The zero-order chi connectivity index (χ0) is 19.3. The molecule has 0 atom stereocenters. The molecule has 0 saturated carbocycles. The molecular formula is C23H27N3O2. The second-order valence-electron chi connectivity index (χ2n) is 7.59. The smallest absolute Gasteiger partial charge is 0.253 e. The summed E-state index contributed by atoms with van der Waals surface area (Å²) < 4.78 is 0. The lowest BCUT2D eigenvalue weighted by Crippen LogP contribution is -2.44. The Morgan fingerprint density at radius 2 is 1.64 bits per heavy atom. The van der Waals surface area contributed by atoms with E-state index in [2.05, 4.69) is 34.5 Å². The molecule has 2 amide bonds. The number of likely N-dealkylation sites (tertiary alicyclic amines) is 1. The van der Waals surface area contributed by atoms with Gasteiger partial charge in [-0.05, 0) is 43.0 Å². The van der Waals surface area contributed by atoms with E-state index in [0.717, 1.165) is 37.9 Å². The molecular weight excluding hydrogens is 350 g/mol. The fraction of sp³-hybridized carbons (Fsp3) is 0.391. The van der Waals surface area contributed by atoms with Gasteiger partial charge in [0, 0.05) is 49.9 Å². The minimum atomic E-state index is 0.00527. The molecule has 4 rings (SSSR count). The Morgan fingerprint density at radius 1 is 0.929 bits per heavy atom. The molecule has 5 nitrogen and oxygen atoms in total. The van der Waals surface area contributed by atoms with Gasteiger partial charge in [0.25, 0.3) is 5.91 Å². The Hall–Kier alpha value is -2.82. The van der Waals surface area contributed by atoms with Crippen LogP contribution in [0.5, 0.6) is 0 Å². The lowest BCUT2D eigenvalue weighted by Gasteiger charge is -2.31. The number of anilines is 1. The van der Waals surface area contributed by atoms with Crippen molar-refractivity contribution in [2.45, 2.75) is 19.3 Å². The average Bonchev–Trinajstić information content (AvgIpc) is 3.17. The van der Waals surface area contributed by atoms with E-state index in [0.29, 0.717) is 19.6 Å². The first kappa shape index (κ1) is 18.5. The number of hydrogen-bond donors (Lipinski definition) is 1. The van der Waals surface area contributed by atoms with E-state index in [1.165, 1.54) is 11.3 Å². The zero-order valence-electron chi connectivity index (χ0n) is 16.1. The van der Waals surface area contributed by atoms with Gasteiger partial charge in [-0.1, -0.05) is 36.4 Å². The molecule has 2 aliphatic rings. The quantitative estimate of drug-likeness (QED) is 0.872. The molecule has 2 aromatic carbocycles. The van der Waals surface area contributed by atoms with Crippen LogP contribution in [0.3, 0.4) is 0 Å². The monoisotopic (exact) mass is 377 g/mol. The topological polar surface area (TPSA) is 52.7 Å². The normalized spacial score (nSPS) is 16.7. The van der Waals surface area contributed by atoms with Crippen LogP contribution in [0.4, 0.5) is 5.69 Å². The van der Waals surface area contributed by atoms with Crippen molar-refractivity contribution in [3.63, 3.8) is 0 Å². The number of nitrogens with zero attached hydrogens (tertiary/aromatic N) is 2. The van der Waals surface area contributed by atoms with Crippen LogP contribution in [-0.2, 0) is 11.2 Å². The number of carbonyl (C=O) groups is 2. The van der Waals surface area contributed by atoms with Crippen LogP contribution in [0.2, 0.25) is 0 Å². The molecule has 0 unspecified atom stereocenters. The number of carbonyl (C=O) groups excluding carboxylic acids is 2. The first-order valence-electron chi connectivity index (χ1n) is 10.2. The summed E-state index contributed by atoms with van der Waals surface area (Å²) in [5, 5.41) is 3.10. The molecule has 2 aliphatic heterocycles. The highest BCUT2D eigenvalue weighted by Crippen LogP contribution is 2.26. The van der Waals surface area contributed by atoms with Crippen molar-refractivity contribution in [2.24, 2.45) is 5.92 Å². The molecule has 0 spiro atoms. The van der Waals surface area contributed by atoms with Gasteiger partial charge >= 0.3 is 0 Å². The third kappa shape index (κ3) is 4.03. The van der Waals surface area contributed by atoms with E-state index in [9.17, 15) is 9.59 Å². The second-order valence-corrected chi connectivity index (χ2v) is 7.59. The number of benzene rings is 2. The first-order valence-corrected chi connectivity index (χ1v) is 10.2. The van der Waals surface area contributed by atoms with Crippen molar-refractivity contribution >= 4 is 17.5 Å². The highest BCUT2D eigenvalue weighted by atomic mass is 16.2. The molecule has 0 aromatic heterocycles. The number of para-hydroxylation sites is 1. The Morgan fingerprint density at radius 3 is 2.43 bits per heavy atom. The third-order valence-electron chi connectivity index (χ3n) is 5.84. The van der Waals surface area contributed by atoms with E-state index in [1.54, 1.807) is 0 Å². The standard InChI is InChI=1S/C23H27N3O2/c27-22(24-13-17-25-14-10-18-6-4-5-9-21(18)25)19-11-15-26(16-12-19)23(28)20-7-2-1-3-8-20/h1-9,19H,10-17H2,(H,24,27). The number of amides is 2. The van der Waals surface area contributed by atoms with E-state index in [-0.39, 0.29) is 17.7 Å². The molecule has 28 heavy (non-hydrogen) atoms. The van der Waals surface area contributed by atoms with Crippen molar-refractivity contribution < 1.29 is 9.59 Å². The fourth-order valence-corrected chi connectivity index (χ4v) is 4.21. The van der Waals surface area contributed by atoms with Crippen LogP contribution in [-0.4, -0.2) is 49.4 Å². The molecule has 0 radical (unpaired) electrons. The van der Waals surface area contributed by atoms with Crippen molar-refractivity contribution in [1.82, 2.24) is 10.2 Å². The summed E-state index contributed by atoms with van der Waals surface area (Å²) in [6, 6.07) is 17.9. The Labute approximate surface area is 166 Å². The number of piperidine rings is 1. The predicted molar refractivity (Wildman–Crippen MR) is 110 cm³/mol. The van der Waals surface area contributed by atoms with Crippen LogP contribution in [0.25, 0.3) is 0 Å². The number of nitrogens with one attached hydrogen (secondary N) is 1. The van der Waals surface area contributed by atoms with E-state index < -0.39 is 0 Å². The van der Waals surface area contributed by atoms with Crippen LogP contribution in [0.15, 0.2) is 54.6 Å². The molecule has 2 aromatic rings. The minimum Gasteiger partial charge on any atom is -0.369 e. The van der Waals surface area contributed by atoms with Gasteiger partial charge < -0.3 is 15.1 Å². The van der Waals surface area contributed by atoms with Crippen molar-refractivity contribution in [3.8, 4) is 0 Å². The van der Waals surface area contributed by atoms with Gasteiger partial charge in [-0.2, -0.15) is 0 Å². The summed E-state index contributed by atoms with van der Waals surface area (Å²) >= 11 is 0. The SMILES string of the molecule is O=C(NCCN1CCc2ccccc21)C1CCN(C(=O)c2ccccc2)CC1. The predicted octanol–water partition coefficient (Wildman–Crippen LogP) is 2.72. The molecule has 1 N–H and O–H groups in total. The summed E-state index contributed by atoms with van der Waals surface area (Å²) in [5.41, 5.74) is 3.41. The minimum absolute atomic E-state index is 0.00527. The van der Waals surface area contributed by atoms with E-state index >= 15 is 0 Å². The van der Waals surface area contributed by atoms with Gasteiger partial charge in [0.05, 0.1) is 0 Å². The average molecular weight is 377 g/mol. The fourth-order valence-electron chi connectivity index (χ4n) is 4.21. The summed E-state index contributed by atoms with van der Waals surface area (Å²) in [5.74, 6) is 0.192. The maximum Gasteiger partial charge on any atom is 0.253 e. The molecule has 1 saturated heterocycles. The van der Waals surface area contributed by atoms with Crippen LogP contribution >= 0.6 is 0 Å². The number of fused-ring (bicyclic) bond motifs is 1. The lowest BCUT2D eigenvalue weighted by molar-refractivity contribution is -0.126. The van der Waals surface area contributed by atoms with Gasteiger partial charge in [-0.25, -0.2) is 0 Å². The summed E-state index contributed by atoms with van der Waals surface area (Å²) in [7, 11) is 0. The second kappa shape index (κ2) is 8.46. The van der Waals surface area contributed by atoms with Gasteiger partial charge in [-0.15, -0.1) is 0 Å². The molecule has 0 bridgehead atoms. The van der Waals surface area contributed by atoms with Crippen molar-refractivity contribution in [2.75, 3.05) is 37.6 Å². The molecule has 5 heteroatoms.